The second-order valence-corrected chi connectivity index (χ2v) is 19.8. The van der Waals surface area contributed by atoms with Crippen molar-refractivity contribution in [1.29, 1.82) is 0 Å². The van der Waals surface area contributed by atoms with Crippen LogP contribution in [-0.2, 0) is 49.0 Å². The topological polar surface area (TPSA) is 0 Å². The quantitative estimate of drug-likeness (QED) is 0.0946. The number of hydrogen-bond acceptors (Lipinski definition) is 0. The summed E-state index contributed by atoms with van der Waals surface area (Å²) in [5, 5.41) is 15.7. The van der Waals surface area contributed by atoms with Crippen molar-refractivity contribution in [3.05, 3.63) is 316 Å². The van der Waals surface area contributed by atoms with E-state index in [9.17, 15) is 0 Å². The molecule has 0 aliphatic heterocycles. The van der Waals surface area contributed by atoms with Crippen LogP contribution in [0.1, 0.15) is 22.3 Å². The Morgan fingerprint density at radius 3 is 0.833 bits per heavy atom. The van der Waals surface area contributed by atoms with Gasteiger partial charge in [-0.05, 0) is 91.0 Å². The molecule has 0 saturated carbocycles. The van der Waals surface area contributed by atoms with Gasteiger partial charge in [0.25, 0.3) is 0 Å². The Hall–Kier alpha value is -8.00. The summed E-state index contributed by atoms with van der Waals surface area (Å²) in [7, 11) is 0. The van der Waals surface area contributed by atoms with Gasteiger partial charge in [0.05, 0.1) is 0 Å². The maximum Gasteiger partial charge on any atom is -0.0114 e. The normalized spacial score (nSPS) is 10.9. The first-order chi connectivity index (χ1) is 37.7. The van der Waals surface area contributed by atoms with Gasteiger partial charge >= 0.3 is 30.2 Å². The molecule has 0 fully saturated rings. The van der Waals surface area contributed by atoms with Crippen LogP contribution >= 0.6 is 0 Å². The third-order valence-electron chi connectivity index (χ3n) is 15.3. The molecule has 0 heterocycles. The third kappa shape index (κ3) is 10.8. The fourth-order valence-electron chi connectivity index (χ4n) is 11.7. The van der Waals surface area contributed by atoms with Gasteiger partial charge in [-0.2, -0.15) is 12.1 Å². The summed E-state index contributed by atoms with van der Waals surface area (Å²) in [6.45, 7) is 3.06. The summed E-state index contributed by atoms with van der Waals surface area (Å²) < 4.78 is 0. The Kier molecular flexibility index (Phi) is 16.8. The Labute approximate surface area is 477 Å². The Balaban J connectivity index is 0.000000167. The van der Waals surface area contributed by atoms with Crippen LogP contribution in [0, 0.1) is 14.9 Å². The van der Waals surface area contributed by atoms with E-state index in [0.29, 0.717) is 0 Å². The Morgan fingerprint density at radius 2 is 0.500 bits per heavy atom. The van der Waals surface area contributed by atoms with Gasteiger partial charge in [0, 0.05) is 0 Å². The molecule has 376 valence electrons. The molecule has 2 heteroatoms. The summed E-state index contributed by atoms with van der Waals surface area (Å²) in [5.74, 6) is 0. The van der Waals surface area contributed by atoms with Gasteiger partial charge in [0.2, 0.25) is 0 Å². The molecule has 0 atom stereocenters. The van der Waals surface area contributed by atoms with E-state index in [1.54, 1.807) is 0 Å². The molecule has 0 nitrogen and oxygen atoms in total. The summed E-state index contributed by atoms with van der Waals surface area (Å²) in [6.07, 6.45) is 4.15. The predicted molar refractivity (Wildman–Crippen MR) is 337 cm³/mol. The second kappa shape index (κ2) is 24.6. The fraction of sp³-hybridized carbons (Fsp3) is 0.0526. The molecule has 2 radical (unpaired) electrons. The van der Waals surface area contributed by atoms with Crippen molar-refractivity contribution in [2.45, 2.75) is 25.7 Å². The van der Waals surface area contributed by atoms with Crippen LogP contribution in [0.5, 0.6) is 0 Å². The molecule has 0 spiro atoms. The standard InChI is InChI=1S/2C37H27.2CH3.Si.Zr/c2*1-2-10-26(11-3-1)20-21-27-24-36-34(32-18-8-14-28-12-4-6-16-30(28)32)22-23-35(37(36)25-27)33-19-9-15-29-13-5-7-17-31(29)33;;;;/h2*1-19,22-25H,20-21H2;2*1H3;;/q4*-1;;. The molecule has 14 aromatic rings. The summed E-state index contributed by atoms with van der Waals surface area (Å²) in [4.78, 5) is 0. The van der Waals surface area contributed by atoms with Crippen LogP contribution in [-0.4, -0.2) is 6.88 Å². The van der Waals surface area contributed by atoms with E-state index in [0.717, 1.165) is 25.7 Å². The van der Waals surface area contributed by atoms with E-state index in [1.165, 1.54) is 155 Å². The number of rotatable bonds is 10. The van der Waals surface area contributed by atoms with E-state index in [4.69, 9.17) is 0 Å². The SMILES string of the molecule is [CH3-].[CH3-].[Si]=[Zr].c1ccc(CCc2cc3c(-c4cccc5ccccc45)ccc(-c4cccc5ccccc45)c3[cH-]2)cc1.c1ccc(CCc2cc3c(-c4cccc5ccccc45)ccc(-c4cccc5ccccc45)c3[cH-]2)cc1. The monoisotopic (exact) mass is 1090 g/mol. The van der Waals surface area contributed by atoms with E-state index >= 15 is 0 Å². The number of benzene rings is 12. The first-order valence-corrected chi connectivity index (χ1v) is 30.6. The minimum absolute atomic E-state index is 0. The van der Waals surface area contributed by atoms with Crippen molar-refractivity contribution in [2.24, 2.45) is 0 Å². The number of aryl methyl sites for hydroxylation is 4. The summed E-state index contributed by atoms with van der Waals surface area (Å²) in [5.41, 5.74) is 16.0. The fourth-order valence-corrected chi connectivity index (χ4v) is 11.7. The zero-order valence-corrected chi connectivity index (χ0v) is 47.8. The molecule has 0 bridgehead atoms. The molecular weight excluding hydrogens is 1030 g/mol. The number of fused-ring (bicyclic) bond motifs is 6. The van der Waals surface area contributed by atoms with Gasteiger partial charge < -0.3 is 14.9 Å². The zero-order valence-electron chi connectivity index (χ0n) is 44.4. The molecule has 14 rings (SSSR count). The van der Waals surface area contributed by atoms with Crippen molar-refractivity contribution < 1.29 is 23.3 Å². The average molecular weight is 1090 g/mol. The van der Waals surface area contributed by atoms with Gasteiger partial charge in [0.1, 0.15) is 0 Å². The molecule has 0 aliphatic carbocycles. The molecular formula is C76H60SiZr-4. The maximum absolute atomic E-state index is 3.06. The van der Waals surface area contributed by atoms with Crippen LogP contribution in [0.15, 0.2) is 279 Å². The molecule has 0 N–H and O–H groups in total. The molecule has 14 aromatic carbocycles. The van der Waals surface area contributed by atoms with E-state index < -0.39 is 0 Å². The smallest absolute Gasteiger partial charge is 0.0114 e. The average Bonchev–Trinajstić information content (AvgIpc) is 4.24. The Bertz CT molecular complexity index is 3800. The van der Waals surface area contributed by atoms with Crippen LogP contribution < -0.4 is 0 Å². The van der Waals surface area contributed by atoms with Crippen LogP contribution in [0.3, 0.4) is 0 Å². The van der Waals surface area contributed by atoms with Gasteiger partial charge in [-0.1, -0.05) is 288 Å². The molecule has 0 aliphatic rings. The van der Waals surface area contributed by atoms with Crippen molar-refractivity contribution in [3.63, 3.8) is 0 Å². The third-order valence-corrected chi connectivity index (χ3v) is 15.3. The minimum atomic E-state index is 0. The van der Waals surface area contributed by atoms with Crippen molar-refractivity contribution >= 4 is 71.5 Å². The van der Waals surface area contributed by atoms with Crippen molar-refractivity contribution in [2.75, 3.05) is 0 Å². The van der Waals surface area contributed by atoms with Crippen molar-refractivity contribution in [1.82, 2.24) is 0 Å². The largest absolute Gasteiger partial charge is 0.164 e. The maximum atomic E-state index is 3.06. The molecule has 0 unspecified atom stereocenters. The van der Waals surface area contributed by atoms with E-state index in [-0.39, 0.29) is 14.9 Å². The second-order valence-electron chi connectivity index (χ2n) is 19.8. The first-order valence-electron chi connectivity index (χ1n) is 26.4. The zero-order chi connectivity index (χ0) is 51.2. The van der Waals surface area contributed by atoms with Crippen LogP contribution in [0.25, 0.3) is 109 Å². The van der Waals surface area contributed by atoms with Gasteiger partial charge in [0.15, 0.2) is 0 Å². The van der Waals surface area contributed by atoms with Crippen molar-refractivity contribution in [3.8, 4) is 44.5 Å². The summed E-state index contributed by atoms with van der Waals surface area (Å²) >= 11 is 1.36. The molecule has 0 saturated heterocycles. The minimum Gasteiger partial charge on any atom is -0.164 e. The van der Waals surface area contributed by atoms with Gasteiger partial charge in [-0.25, -0.2) is 0 Å². The Morgan fingerprint density at radius 1 is 0.244 bits per heavy atom. The van der Waals surface area contributed by atoms with Gasteiger partial charge in [-0.3, -0.25) is 0 Å². The van der Waals surface area contributed by atoms with Crippen LogP contribution in [0.2, 0.25) is 0 Å². The number of hydrogen-bond donors (Lipinski definition) is 0. The molecule has 78 heavy (non-hydrogen) atoms. The van der Waals surface area contributed by atoms with Gasteiger partial charge in [-0.15, -0.1) is 44.8 Å². The van der Waals surface area contributed by atoms with Crippen LogP contribution in [0.4, 0.5) is 0 Å². The van der Waals surface area contributed by atoms with E-state index in [1.807, 2.05) is 0 Å². The molecule has 0 amide bonds. The predicted octanol–water partition coefficient (Wildman–Crippen LogP) is 20.5. The molecule has 0 aromatic heterocycles. The first kappa shape index (κ1) is 53.4. The van der Waals surface area contributed by atoms with E-state index in [2.05, 4.69) is 286 Å². The summed E-state index contributed by atoms with van der Waals surface area (Å²) in [6, 6.07) is 102.